The van der Waals surface area contributed by atoms with E-state index in [9.17, 15) is 0 Å². The smallest absolute Gasteiger partial charge is 0.0797 e. The van der Waals surface area contributed by atoms with Crippen LogP contribution in [0.15, 0.2) is 16.4 Å². The second kappa shape index (κ2) is 5.09. The van der Waals surface area contributed by atoms with Gasteiger partial charge < -0.3 is 0 Å². The van der Waals surface area contributed by atoms with Gasteiger partial charge >= 0.3 is 0 Å². The third-order valence-corrected chi connectivity index (χ3v) is 3.11. The number of hydrogen-bond donors (Lipinski definition) is 0. The summed E-state index contributed by atoms with van der Waals surface area (Å²) < 4.78 is 0. The van der Waals surface area contributed by atoms with Crippen molar-refractivity contribution in [2.45, 2.75) is 20.8 Å². The van der Waals surface area contributed by atoms with Gasteiger partial charge in [-0.3, -0.25) is 4.98 Å². The summed E-state index contributed by atoms with van der Waals surface area (Å²) in [6.45, 7) is 6.08. The summed E-state index contributed by atoms with van der Waals surface area (Å²) in [5.74, 6) is 0. The molecule has 0 fully saturated rings. The fourth-order valence-corrected chi connectivity index (χ4v) is 1.77. The lowest BCUT2D eigenvalue weighted by Gasteiger charge is -1.77. The van der Waals surface area contributed by atoms with Crippen molar-refractivity contribution in [2.75, 3.05) is 0 Å². The molecule has 13 heavy (non-hydrogen) atoms. The highest BCUT2D eigenvalue weighted by Crippen LogP contribution is 2.07. The first-order chi connectivity index (χ1) is 6.20. The van der Waals surface area contributed by atoms with Gasteiger partial charge in [0, 0.05) is 16.0 Å². The van der Waals surface area contributed by atoms with E-state index in [1.807, 2.05) is 30.2 Å². The molecule has 4 heteroatoms. The Hall–Kier alpha value is -0.740. The van der Waals surface area contributed by atoms with E-state index in [1.54, 1.807) is 22.7 Å². The van der Waals surface area contributed by atoms with E-state index in [1.165, 1.54) is 4.88 Å². The van der Waals surface area contributed by atoms with E-state index in [4.69, 9.17) is 0 Å². The van der Waals surface area contributed by atoms with Crippen molar-refractivity contribution in [1.82, 2.24) is 9.97 Å². The van der Waals surface area contributed by atoms with E-state index in [-0.39, 0.29) is 0 Å². The zero-order valence-corrected chi connectivity index (χ0v) is 9.58. The van der Waals surface area contributed by atoms with Crippen LogP contribution in [0.1, 0.15) is 16.3 Å². The van der Waals surface area contributed by atoms with Gasteiger partial charge in [-0.05, 0) is 20.8 Å². The fraction of sp³-hybridized carbons (Fsp3) is 0.333. The van der Waals surface area contributed by atoms with Crippen LogP contribution in [0.25, 0.3) is 0 Å². The molecule has 0 atom stereocenters. The quantitative estimate of drug-likeness (QED) is 0.670. The van der Waals surface area contributed by atoms with Gasteiger partial charge in [0.15, 0.2) is 0 Å². The van der Waals surface area contributed by atoms with Gasteiger partial charge in [-0.1, -0.05) is 0 Å². The summed E-state index contributed by atoms with van der Waals surface area (Å²) in [4.78, 5) is 9.29. The van der Waals surface area contributed by atoms with Crippen molar-refractivity contribution in [3.8, 4) is 0 Å². The maximum Gasteiger partial charge on any atom is 0.0797 e. The predicted molar refractivity (Wildman–Crippen MR) is 58.4 cm³/mol. The van der Waals surface area contributed by atoms with Crippen LogP contribution in [-0.2, 0) is 0 Å². The lowest BCUT2D eigenvalue weighted by molar-refractivity contribution is 1.23. The van der Waals surface area contributed by atoms with E-state index >= 15 is 0 Å². The van der Waals surface area contributed by atoms with Crippen LogP contribution >= 0.6 is 22.7 Å². The Morgan fingerprint density at radius 2 is 1.85 bits per heavy atom. The monoisotopic (exact) mass is 212 g/mol. The zero-order valence-electron chi connectivity index (χ0n) is 7.94. The molecule has 0 N–H and O–H groups in total. The SMILES string of the molecule is Cc1cscn1.Cc1ncsc1C. The van der Waals surface area contributed by atoms with Crippen molar-refractivity contribution in [3.63, 3.8) is 0 Å². The van der Waals surface area contributed by atoms with Crippen molar-refractivity contribution >= 4 is 22.7 Å². The molecule has 0 unspecified atom stereocenters. The first-order valence-corrected chi connectivity index (χ1v) is 5.74. The van der Waals surface area contributed by atoms with Crippen molar-refractivity contribution in [3.05, 3.63) is 32.7 Å². The maximum atomic E-state index is 4.03. The molecule has 2 rings (SSSR count). The standard InChI is InChI=1S/C5H7NS.C4H5NS/c1-4-5(2)7-3-6-4;1-4-2-6-3-5-4/h3H,1-2H3;2-3H,1H3. The second-order valence-corrected chi connectivity index (χ2v) is 4.40. The molecule has 0 saturated heterocycles. The number of thiazole rings is 2. The van der Waals surface area contributed by atoms with Crippen LogP contribution in [0.3, 0.4) is 0 Å². The molecule has 0 aliphatic carbocycles. The molecule has 0 aliphatic heterocycles. The number of aryl methyl sites for hydroxylation is 3. The minimum Gasteiger partial charge on any atom is -0.250 e. The number of nitrogens with zero attached hydrogens (tertiary/aromatic N) is 2. The van der Waals surface area contributed by atoms with Gasteiger partial charge in [-0.15, -0.1) is 22.7 Å². The van der Waals surface area contributed by atoms with Crippen molar-refractivity contribution < 1.29 is 0 Å². The Labute approximate surface area is 86.3 Å². The topological polar surface area (TPSA) is 25.8 Å². The largest absolute Gasteiger partial charge is 0.250 e. The third kappa shape index (κ3) is 3.65. The second-order valence-electron chi connectivity index (χ2n) is 2.62. The van der Waals surface area contributed by atoms with Gasteiger partial charge in [0.05, 0.1) is 16.7 Å². The molecule has 0 radical (unpaired) electrons. The molecule has 2 heterocycles. The maximum absolute atomic E-state index is 4.03. The number of rotatable bonds is 0. The summed E-state index contributed by atoms with van der Waals surface area (Å²) in [6.07, 6.45) is 0. The normalized spacial score (nSPS) is 9.15. The van der Waals surface area contributed by atoms with Crippen LogP contribution in [-0.4, -0.2) is 9.97 Å². The minimum absolute atomic E-state index is 1.11. The lowest BCUT2D eigenvalue weighted by Crippen LogP contribution is -1.68. The molecule has 70 valence electrons. The number of aromatic nitrogens is 2. The van der Waals surface area contributed by atoms with E-state index in [0.29, 0.717) is 0 Å². The van der Waals surface area contributed by atoms with E-state index in [0.717, 1.165) is 11.4 Å². The molecular weight excluding hydrogens is 200 g/mol. The van der Waals surface area contributed by atoms with E-state index < -0.39 is 0 Å². The fourth-order valence-electron chi connectivity index (χ4n) is 0.634. The van der Waals surface area contributed by atoms with Gasteiger partial charge in [0.2, 0.25) is 0 Å². The summed E-state index contributed by atoms with van der Waals surface area (Å²) in [6, 6.07) is 0. The predicted octanol–water partition coefficient (Wildman–Crippen LogP) is 3.21. The molecule has 0 aromatic carbocycles. The van der Waals surface area contributed by atoms with Crippen LogP contribution < -0.4 is 0 Å². The van der Waals surface area contributed by atoms with Gasteiger partial charge in [-0.25, -0.2) is 4.98 Å². The molecule has 2 nitrogen and oxygen atoms in total. The Balaban J connectivity index is 0.000000132. The highest BCUT2D eigenvalue weighted by atomic mass is 32.1. The summed E-state index contributed by atoms with van der Waals surface area (Å²) in [5.41, 5.74) is 5.96. The first-order valence-electron chi connectivity index (χ1n) is 3.91. The van der Waals surface area contributed by atoms with Crippen LogP contribution in [0.2, 0.25) is 0 Å². The molecule has 2 aromatic heterocycles. The average molecular weight is 212 g/mol. The first kappa shape index (κ1) is 10.3. The third-order valence-electron chi connectivity index (χ3n) is 1.54. The summed E-state index contributed by atoms with van der Waals surface area (Å²) in [7, 11) is 0. The summed E-state index contributed by atoms with van der Waals surface area (Å²) in [5, 5.41) is 2.01. The van der Waals surface area contributed by atoms with Crippen molar-refractivity contribution in [1.29, 1.82) is 0 Å². The van der Waals surface area contributed by atoms with Gasteiger partial charge in [-0.2, -0.15) is 0 Å². The Morgan fingerprint density at radius 3 is 2.00 bits per heavy atom. The van der Waals surface area contributed by atoms with Crippen LogP contribution in [0.4, 0.5) is 0 Å². The average Bonchev–Trinajstić information content (AvgIpc) is 2.67. The van der Waals surface area contributed by atoms with Crippen LogP contribution in [0, 0.1) is 20.8 Å². The molecule has 0 aliphatic rings. The van der Waals surface area contributed by atoms with Gasteiger partial charge in [0.25, 0.3) is 0 Å². The van der Waals surface area contributed by atoms with Crippen molar-refractivity contribution in [2.24, 2.45) is 0 Å². The minimum atomic E-state index is 1.11. The Kier molecular flexibility index (Phi) is 4.05. The van der Waals surface area contributed by atoms with Crippen LogP contribution in [0.5, 0.6) is 0 Å². The molecule has 0 amide bonds. The van der Waals surface area contributed by atoms with E-state index in [2.05, 4.69) is 16.9 Å². The molecule has 0 saturated carbocycles. The summed E-state index contributed by atoms with van der Waals surface area (Å²) >= 11 is 3.32. The number of hydrogen-bond acceptors (Lipinski definition) is 4. The molecular formula is C9H12N2S2. The lowest BCUT2D eigenvalue weighted by atomic mass is 10.4. The highest BCUT2D eigenvalue weighted by Gasteiger charge is 1.88. The Bertz CT molecular complexity index is 322. The Morgan fingerprint density at radius 1 is 1.08 bits per heavy atom. The molecule has 0 bridgehead atoms. The zero-order chi connectivity index (χ0) is 9.68. The highest BCUT2D eigenvalue weighted by molar-refractivity contribution is 7.09. The van der Waals surface area contributed by atoms with Gasteiger partial charge in [0.1, 0.15) is 0 Å². The molecule has 2 aromatic rings. The molecule has 0 spiro atoms.